The molecule has 0 spiro atoms. The molecule has 0 saturated carbocycles. The van der Waals surface area contributed by atoms with E-state index in [0.29, 0.717) is 5.25 Å². The topological polar surface area (TPSA) is 32.3 Å². The van der Waals surface area contributed by atoms with Gasteiger partial charge in [-0.1, -0.05) is 31.5 Å². The Morgan fingerprint density at radius 1 is 1.42 bits per heavy atom. The van der Waals surface area contributed by atoms with Crippen LogP contribution in [0.3, 0.4) is 0 Å². The summed E-state index contributed by atoms with van der Waals surface area (Å²) < 4.78 is 0. The number of aliphatic hydroxyl groups excluding tert-OH is 1. The summed E-state index contributed by atoms with van der Waals surface area (Å²) in [6.07, 6.45) is 2.05. The van der Waals surface area contributed by atoms with E-state index in [2.05, 4.69) is 57.3 Å². The van der Waals surface area contributed by atoms with Crippen molar-refractivity contribution in [3.05, 3.63) is 29.8 Å². The fourth-order valence-electron chi connectivity index (χ4n) is 2.22. The summed E-state index contributed by atoms with van der Waals surface area (Å²) in [6, 6.07) is 8.60. The van der Waals surface area contributed by atoms with Gasteiger partial charge in [-0.15, -0.1) is 11.8 Å². The van der Waals surface area contributed by atoms with Gasteiger partial charge >= 0.3 is 0 Å². The Hall–Kier alpha value is -0.510. The normalized spacial score (nSPS) is 16.1. The molecule has 0 saturated heterocycles. The molecule has 0 bridgehead atoms. The lowest BCUT2D eigenvalue weighted by Crippen LogP contribution is -2.47. The molecule has 108 valence electrons. The molecule has 0 fully saturated rings. The van der Waals surface area contributed by atoms with Crippen LogP contribution in [0.15, 0.2) is 29.2 Å². The van der Waals surface area contributed by atoms with Gasteiger partial charge in [0.15, 0.2) is 0 Å². The van der Waals surface area contributed by atoms with Crippen LogP contribution in [0.5, 0.6) is 0 Å². The Bertz CT molecular complexity index is 383. The van der Waals surface area contributed by atoms with E-state index in [1.165, 1.54) is 10.5 Å². The molecule has 2 nitrogen and oxygen atoms in total. The molecule has 0 radical (unpaired) electrons. The second kappa shape index (κ2) is 7.93. The van der Waals surface area contributed by atoms with Crippen molar-refractivity contribution in [2.45, 2.75) is 56.2 Å². The monoisotopic (exact) mass is 281 g/mol. The predicted octanol–water partition coefficient (Wildman–Crippen LogP) is 3.62. The SMILES string of the molecule is CCCNC(C)(CO)CC(C)Sc1cccc(C)c1. The molecule has 0 aromatic heterocycles. The minimum Gasteiger partial charge on any atom is -0.394 e. The molecule has 0 aliphatic heterocycles. The number of hydrogen-bond acceptors (Lipinski definition) is 3. The summed E-state index contributed by atoms with van der Waals surface area (Å²) in [5.41, 5.74) is 1.12. The highest BCUT2D eigenvalue weighted by atomic mass is 32.2. The van der Waals surface area contributed by atoms with Crippen LogP contribution < -0.4 is 5.32 Å². The van der Waals surface area contributed by atoms with Gasteiger partial charge in [-0.3, -0.25) is 0 Å². The highest BCUT2D eigenvalue weighted by molar-refractivity contribution is 7.99. The van der Waals surface area contributed by atoms with E-state index >= 15 is 0 Å². The van der Waals surface area contributed by atoms with Crippen LogP contribution in [0.2, 0.25) is 0 Å². The summed E-state index contributed by atoms with van der Waals surface area (Å²) in [7, 11) is 0. The molecule has 19 heavy (non-hydrogen) atoms. The quantitative estimate of drug-likeness (QED) is 0.714. The van der Waals surface area contributed by atoms with E-state index < -0.39 is 0 Å². The summed E-state index contributed by atoms with van der Waals surface area (Å²) >= 11 is 1.88. The molecular weight excluding hydrogens is 254 g/mol. The van der Waals surface area contributed by atoms with Crippen LogP contribution in [-0.2, 0) is 0 Å². The van der Waals surface area contributed by atoms with Crippen molar-refractivity contribution in [1.82, 2.24) is 5.32 Å². The molecule has 0 aliphatic rings. The molecule has 1 aromatic carbocycles. The van der Waals surface area contributed by atoms with Crippen molar-refractivity contribution >= 4 is 11.8 Å². The Kier molecular flexibility index (Phi) is 6.90. The minimum absolute atomic E-state index is 0.174. The van der Waals surface area contributed by atoms with E-state index in [1.54, 1.807) is 0 Å². The van der Waals surface area contributed by atoms with Gasteiger partial charge < -0.3 is 10.4 Å². The highest BCUT2D eigenvalue weighted by Gasteiger charge is 2.25. The van der Waals surface area contributed by atoms with E-state index in [-0.39, 0.29) is 12.1 Å². The Labute approximate surface area is 122 Å². The maximum absolute atomic E-state index is 9.60. The number of hydrogen-bond donors (Lipinski definition) is 2. The molecule has 1 aromatic rings. The van der Waals surface area contributed by atoms with Gasteiger partial charge in [-0.05, 0) is 45.4 Å². The van der Waals surface area contributed by atoms with E-state index in [0.717, 1.165) is 19.4 Å². The van der Waals surface area contributed by atoms with Crippen LogP contribution in [-0.4, -0.2) is 29.0 Å². The predicted molar refractivity (Wildman–Crippen MR) is 84.9 cm³/mol. The summed E-state index contributed by atoms with van der Waals surface area (Å²) in [4.78, 5) is 1.31. The fourth-order valence-corrected chi connectivity index (χ4v) is 3.54. The molecule has 2 atom stereocenters. The second-order valence-corrected chi connectivity index (χ2v) is 7.11. The molecule has 0 heterocycles. The fraction of sp³-hybridized carbons (Fsp3) is 0.625. The standard InChI is InChI=1S/C16H27NOS/c1-5-9-17-16(4,12-18)11-14(3)19-15-8-6-7-13(2)10-15/h6-8,10,14,17-18H,5,9,11-12H2,1-4H3. The number of rotatable bonds is 8. The maximum atomic E-state index is 9.60. The summed E-state index contributed by atoms with van der Waals surface area (Å²) in [5, 5.41) is 13.5. The van der Waals surface area contributed by atoms with E-state index in [9.17, 15) is 5.11 Å². The van der Waals surface area contributed by atoms with E-state index in [1.807, 2.05) is 11.8 Å². The first-order valence-corrected chi connectivity index (χ1v) is 7.96. The van der Waals surface area contributed by atoms with Crippen LogP contribution in [0.4, 0.5) is 0 Å². The van der Waals surface area contributed by atoms with Gasteiger partial charge in [-0.25, -0.2) is 0 Å². The van der Waals surface area contributed by atoms with Crippen molar-refractivity contribution in [2.75, 3.05) is 13.2 Å². The molecular formula is C16H27NOS. The van der Waals surface area contributed by atoms with Crippen molar-refractivity contribution in [1.29, 1.82) is 0 Å². The first-order chi connectivity index (χ1) is 8.99. The number of benzene rings is 1. The maximum Gasteiger partial charge on any atom is 0.0611 e. The molecule has 0 amide bonds. The van der Waals surface area contributed by atoms with Gasteiger partial charge in [0.1, 0.15) is 0 Å². The molecule has 2 N–H and O–H groups in total. The van der Waals surface area contributed by atoms with Gasteiger partial charge in [0.25, 0.3) is 0 Å². The first kappa shape index (κ1) is 16.5. The molecule has 0 aliphatic carbocycles. The lowest BCUT2D eigenvalue weighted by Gasteiger charge is -2.31. The van der Waals surface area contributed by atoms with Crippen LogP contribution >= 0.6 is 11.8 Å². The first-order valence-electron chi connectivity index (χ1n) is 7.08. The van der Waals surface area contributed by atoms with Crippen molar-refractivity contribution < 1.29 is 5.11 Å². The number of aryl methyl sites for hydroxylation is 1. The van der Waals surface area contributed by atoms with Crippen LogP contribution in [0.1, 0.15) is 39.2 Å². The Balaban J connectivity index is 2.55. The zero-order valence-corrected chi connectivity index (χ0v) is 13.4. The van der Waals surface area contributed by atoms with Gasteiger partial charge in [0.05, 0.1) is 6.61 Å². The molecule has 3 heteroatoms. The van der Waals surface area contributed by atoms with Crippen molar-refractivity contribution in [3.8, 4) is 0 Å². The third-order valence-electron chi connectivity index (χ3n) is 3.22. The number of aliphatic hydroxyl groups is 1. The minimum atomic E-state index is -0.174. The van der Waals surface area contributed by atoms with Crippen LogP contribution in [0, 0.1) is 6.92 Å². The smallest absolute Gasteiger partial charge is 0.0611 e. The average molecular weight is 281 g/mol. The van der Waals surface area contributed by atoms with Crippen molar-refractivity contribution in [3.63, 3.8) is 0 Å². The summed E-state index contributed by atoms with van der Waals surface area (Å²) in [6.45, 7) is 9.75. The van der Waals surface area contributed by atoms with E-state index in [4.69, 9.17) is 0 Å². The van der Waals surface area contributed by atoms with Gasteiger partial charge in [0.2, 0.25) is 0 Å². The zero-order valence-electron chi connectivity index (χ0n) is 12.6. The molecule has 1 rings (SSSR count). The highest BCUT2D eigenvalue weighted by Crippen LogP contribution is 2.29. The third kappa shape index (κ3) is 5.98. The van der Waals surface area contributed by atoms with Crippen LogP contribution in [0.25, 0.3) is 0 Å². The number of nitrogens with one attached hydrogen (secondary N) is 1. The Morgan fingerprint density at radius 3 is 2.74 bits per heavy atom. The summed E-state index contributed by atoms with van der Waals surface area (Å²) in [5.74, 6) is 0. The largest absolute Gasteiger partial charge is 0.394 e. The molecule has 2 unspecified atom stereocenters. The van der Waals surface area contributed by atoms with Crippen molar-refractivity contribution in [2.24, 2.45) is 0 Å². The van der Waals surface area contributed by atoms with Gasteiger partial charge in [-0.2, -0.15) is 0 Å². The van der Waals surface area contributed by atoms with Gasteiger partial charge in [0, 0.05) is 15.7 Å². The number of thioether (sulfide) groups is 1. The second-order valence-electron chi connectivity index (χ2n) is 5.59. The third-order valence-corrected chi connectivity index (χ3v) is 4.31. The zero-order chi connectivity index (χ0) is 14.3. The lowest BCUT2D eigenvalue weighted by atomic mass is 9.97. The average Bonchev–Trinajstić information content (AvgIpc) is 2.36. The lowest BCUT2D eigenvalue weighted by molar-refractivity contribution is 0.166. The Morgan fingerprint density at radius 2 is 2.16 bits per heavy atom.